The molecule has 1 aliphatic heterocycles. The Bertz CT molecular complexity index is 732. The molecule has 3 aliphatic rings. The lowest BCUT2D eigenvalue weighted by Gasteiger charge is -2.42. The number of amides is 1. The number of carbonyl (C=O) groups excluding carboxylic acids is 1. The largest absolute Gasteiger partial charge is 0.452 e. The number of hydrogen-bond acceptors (Lipinski definition) is 13. The van der Waals surface area contributed by atoms with Crippen molar-refractivity contribution in [3.8, 4) is 0 Å². The van der Waals surface area contributed by atoms with E-state index in [1.54, 1.807) is 6.92 Å². The fraction of sp³-hybridized carbons (Fsp3) is 0.812. The molecular weight excluding hydrogens is 414 g/mol. The minimum absolute atomic E-state index is 0.158. The zero-order chi connectivity index (χ0) is 22.9. The van der Waals surface area contributed by atoms with Crippen molar-refractivity contribution in [1.82, 2.24) is 5.32 Å². The van der Waals surface area contributed by atoms with Gasteiger partial charge in [-0.25, -0.2) is 5.26 Å². The first kappa shape index (κ1) is 23.1. The molecule has 30 heavy (non-hydrogen) atoms. The van der Waals surface area contributed by atoms with Crippen molar-refractivity contribution < 1.29 is 65.6 Å². The van der Waals surface area contributed by atoms with Gasteiger partial charge in [0, 0.05) is 25.3 Å². The molecule has 0 aromatic heterocycles. The number of ether oxygens (including phenoxy) is 1. The van der Waals surface area contributed by atoms with Gasteiger partial charge in [-0.3, -0.25) is 4.79 Å². The van der Waals surface area contributed by atoms with Crippen LogP contribution in [0.4, 0.5) is 0 Å². The highest BCUT2D eigenvalue weighted by Crippen LogP contribution is 2.56. The fourth-order valence-corrected chi connectivity index (χ4v) is 4.33. The molecule has 1 saturated heterocycles. The SMILES string of the molecule is CC1CC(C2CNC(=O)C2)CC(OC2(O)C(O)(O)C(O)(O)C(O)(O)C2(O)O)=C1OO. The molecule has 0 spiro atoms. The highest BCUT2D eigenvalue weighted by Gasteiger charge is 2.93. The monoisotopic (exact) mass is 439 g/mol. The molecular formula is C16H25NO13. The summed E-state index contributed by atoms with van der Waals surface area (Å²) in [6.45, 7) is 1.86. The zero-order valence-corrected chi connectivity index (χ0v) is 15.8. The number of allylic oxidation sites excluding steroid dienone is 2. The molecule has 2 aliphatic carbocycles. The van der Waals surface area contributed by atoms with Crippen LogP contribution in [0, 0.1) is 17.8 Å². The maximum absolute atomic E-state index is 11.5. The average molecular weight is 439 g/mol. The molecule has 14 nitrogen and oxygen atoms in total. The number of nitrogens with one attached hydrogen (secondary N) is 1. The van der Waals surface area contributed by atoms with Crippen LogP contribution in [0.2, 0.25) is 0 Å². The van der Waals surface area contributed by atoms with Gasteiger partial charge in [-0.05, 0) is 18.3 Å². The van der Waals surface area contributed by atoms with Gasteiger partial charge in [-0.2, -0.15) is 0 Å². The van der Waals surface area contributed by atoms with E-state index in [0.717, 1.165) is 0 Å². The van der Waals surface area contributed by atoms with Crippen molar-refractivity contribution in [3.05, 3.63) is 11.5 Å². The van der Waals surface area contributed by atoms with E-state index in [2.05, 4.69) is 10.2 Å². The van der Waals surface area contributed by atoms with Gasteiger partial charge in [0.25, 0.3) is 23.1 Å². The van der Waals surface area contributed by atoms with Gasteiger partial charge in [-0.1, -0.05) is 6.92 Å². The van der Waals surface area contributed by atoms with Crippen LogP contribution in [-0.4, -0.2) is 92.6 Å². The summed E-state index contributed by atoms with van der Waals surface area (Å²) in [5.74, 6) is -24.6. The van der Waals surface area contributed by atoms with Gasteiger partial charge in [0.2, 0.25) is 5.91 Å². The molecule has 0 aromatic carbocycles. The number of rotatable bonds is 4. The van der Waals surface area contributed by atoms with Gasteiger partial charge in [0.1, 0.15) is 5.76 Å². The average Bonchev–Trinajstić information content (AvgIpc) is 3.08. The minimum atomic E-state index is -4.51. The molecule has 3 rings (SSSR count). The summed E-state index contributed by atoms with van der Waals surface area (Å²) < 4.78 is 4.94. The molecule has 0 bridgehead atoms. The van der Waals surface area contributed by atoms with Crippen LogP contribution in [0.1, 0.15) is 26.2 Å². The van der Waals surface area contributed by atoms with Crippen molar-refractivity contribution in [3.63, 3.8) is 0 Å². The third-order valence-corrected chi connectivity index (χ3v) is 6.27. The molecule has 1 amide bonds. The van der Waals surface area contributed by atoms with Crippen LogP contribution in [0.5, 0.6) is 0 Å². The predicted octanol–water partition coefficient (Wildman–Crippen LogP) is -4.69. The fourth-order valence-electron chi connectivity index (χ4n) is 4.33. The summed E-state index contributed by atoms with van der Waals surface area (Å²) >= 11 is 0. The van der Waals surface area contributed by atoms with Crippen molar-refractivity contribution in [2.24, 2.45) is 17.8 Å². The molecule has 3 unspecified atom stereocenters. The van der Waals surface area contributed by atoms with Gasteiger partial charge in [0.05, 0.1) is 0 Å². The highest BCUT2D eigenvalue weighted by atomic mass is 17.1. The van der Waals surface area contributed by atoms with E-state index in [1.165, 1.54) is 0 Å². The van der Waals surface area contributed by atoms with Crippen molar-refractivity contribution in [2.75, 3.05) is 6.54 Å². The topological polar surface area (TPSA) is 250 Å². The Labute approximate surface area is 168 Å². The molecule has 11 N–H and O–H groups in total. The summed E-state index contributed by atoms with van der Waals surface area (Å²) in [5.41, 5.74) is 0. The smallest absolute Gasteiger partial charge is 0.329 e. The lowest BCUT2D eigenvalue weighted by atomic mass is 9.77. The summed E-state index contributed by atoms with van der Waals surface area (Å²) in [6.07, 6.45) is 0.286. The van der Waals surface area contributed by atoms with E-state index in [0.29, 0.717) is 13.0 Å². The van der Waals surface area contributed by atoms with Gasteiger partial charge in [-0.15, -0.1) is 0 Å². The van der Waals surface area contributed by atoms with E-state index in [-0.39, 0.29) is 36.3 Å². The lowest BCUT2D eigenvalue weighted by Crippen LogP contribution is -2.68. The molecule has 2 fully saturated rings. The van der Waals surface area contributed by atoms with Gasteiger partial charge < -0.3 is 60.9 Å². The molecule has 14 heteroatoms. The normalized spacial score (nSPS) is 35.8. The van der Waals surface area contributed by atoms with Crippen LogP contribution >= 0.6 is 0 Å². The first-order valence-electron chi connectivity index (χ1n) is 9.06. The maximum Gasteiger partial charge on any atom is 0.329 e. The minimum Gasteiger partial charge on any atom is -0.452 e. The number of carbonyl (C=O) groups is 1. The first-order valence-corrected chi connectivity index (χ1v) is 9.06. The van der Waals surface area contributed by atoms with Gasteiger partial charge in [0.15, 0.2) is 5.76 Å². The Kier molecular flexibility index (Phi) is 5.16. The van der Waals surface area contributed by atoms with Crippen LogP contribution in [0.3, 0.4) is 0 Å². The van der Waals surface area contributed by atoms with E-state index >= 15 is 0 Å². The Morgan fingerprint density at radius 1 is 0.867 bits per heavy atom. The predicted molar refractivity (Wildman–Crippen MR) is 88.5 cm³/mol. The Balaban J connectivity index is 2.02. The molecule has 1 heterocycles. The third-order valence-electron chi connectivity index (χ3n) is 6.27. The van der Waals surface area contributed by atoms with Crippen molar-refractivity contribution in [1.29, 1.82) is 0 Å². The van der Waals surface area contributed by atoms with Crippen LogP contribution < -0.4 is 5.32 Å². The lowest BCUT2D eigenvalue weighted by molar-refractivity contribution is -0.457. The second kappa shape index (κ2) is 6.70. The molecule has 1 saturated carbocycles. The summed E-state index contributed by atoms with van der Waals surface area (Å²) in [6, 6.07) is 0. The summed E-state index contributed by atoms with van der Waals surface area (Å²) in [4.78, 5) is 15.7. The summed E-state index contributed by atoms with van der Waals surface area (Å²) in [7, 11) is 0. The Morgan fingerprint density at radius 3 is 1.83 bits per heavy atom. The van der Waals surface area contributed by atoms with E-state index < -0.39 is 40.6 Å². The quantitative estimate of drug-likeness (QED) is 0.112. The van der Waals surface area contributed by atoms with E-state index in [1.807, 2.05) is 0 Å². The van der Waals surface area contributed by atoms with Crippen LogP contribution in [-0.2, 0) is 14.4 Å². The van der Waals surface area contributed by atoms with Crippen LogP contribution in [0.15, 0.2) is 11.5 Å². The maximum atomic E-state index is 11.5. The molecule has 3 atom stereocenters. The standard InChI is InChI=1S/C16H25NO13/c1-6-2-7(8-4-10(18)17-5-8)3-9(11(6)30-28)29-16(27)14(23,24)12(19,20)13(21,22)15(16,25)26/h6-8,19-28H,2-5H2,1H3,(H,17,18). The Hall–Kier alpha value is -1.59. The van der Waals surface area contributed by atoms with Crippen LogP contribution in [0.25, 0.3) is 0 Å². The van der Waals surface area contributed by atoms with Crippen molar-refractivity contribution in [2.45, 2.75) is 55.1 Å². The third kappa shape index (κ3) is 2.70. The Morgan fingerprint density at radius 2 is 1.40 bits per heavy atom. The van der Waals surface area contributed by atoms with Crippen molar-refractivity contribution >= 4 is 5.91 Å². The second-order valence-corrected chi connectivity index (χ2v) is 8.18. The number of hydrogen-bond donors (Lipinski definition) is 11. The first-order chi connectivity index (χ1) is 13.5. The van der Waals surface area contributed by atoms with E-state index in [9.17, 15) is 56.0 Å². The number of aliphatic hydroxyl groups is 9. The van der Waals surface area contributed by atoms with Gasteiger partial charge >= 0.3 is 5.79 Å². The zero-order valence-electron chi connectivity index (χ0n) is 15.8. The second-order valence-electron chi connectivity index (χ2n) is 8.18. The summed E-state index contributed by atoms with van der Waals surface area (Å²) in [5, 5.41) is 102. The molecule has 0 radical (unpaired) electrons. The highest BCUT2D eigenvalue weighted by molar-refractivity contribution is 5.78. The van der Waals surface area contributed by atoms with E-state index in [4.69, 9.17) is 4.74 Å². The molecule has 172 valence electrons. The molecule has 0 aromatic rings.